The number of thioether (sulfide) groups is 1. The maximum Gasteiger partial charge on any atom is 0.272 e. The van der Waals surface area contributed by atoms with Crippen LogP contribution in [-0.4, -0.2) is 29.6 Å². The zero-order valence-electron chi connectivity index (χ0n) is 25.4. The van der Waals surface area contributed by atoms with E-state index in [1.54, 1.807) is 54.6 Å². The molecular formula is C37H33N3O5S. The van der Waals surface area contributed by atoms with Gasteiger partial charge in [-0.2, -0.15) is 0 Å². The second-order valence-corrected chi connectivity index (χ2v) is 11.5. The van der Waals surface area contributed by atoms with Crippen LogP contribution in [0.25, 0.3) is 17.4 Å². The Morgan fingerprint density at radius 1 is 0.783 bits per heavy atom. The fraction of sp³-hybridized carbons (Fsp3) is 0.108. The lowest BCUT2D eigenvalue weighted by atomic mass is 10.2. The number of furan rings is 1. The standard InChI is InChI=1S/C37H33N3O5S/c1-3-44-30-18-14-28(15-19-30)38-35(41)25(2)46-32-21-16-29(17-22-32)39-37(43)33(40-36(42)27-12-8-5-9-13-27)24-31-20-23-34(45-31)26-10-6-4-7-11-26/h4-25H,3H2,1-2H3,(H,38,41)(H,39,43)(H,40,42)/b33-24+/t25-/m1/s1. The van der Waals surface area contributed by atoms with Gasteiger partial charge in [-0.15, -0.1) is 11.8 Å². The van der Waals surface area contributed by atoms with E-state index in [9.17, 15) is 14.4 Å². The molecule has 0 spiro atoms. The van der Waals surface area contributed by atoms with E-state index in [0.717, 1.165) is 16.2 Å². The van der Waals surface area contributed by atoms with Gasteiger partial charge in [-0.3, -0.25) is 14.4 Å². The first-order valence-corrected chi connectivity index (χ1v) is 15.6. The minimum absolute atomic E-state index is 0.0147. The Morgan fingerprint density at radius 2 is 1.41 bits per heavy atom. The number of carbonyl (C=O) groups excluding carboxylic acids is 3. The highest BCUT2D eigenvalue weighted by Crippen LogP contribution is 2.27. The van der Waals surface area contributed by atoms with Gasteiger partial charge in [-0.1, -0.05) is 48.5 Å². The highest BCUT2D eigenvalue weighted by molar-refractivity contribution is 8.00. The van der Waals surface area contributed by atoms with E-state index in [1.807, 2.05) is 80.6 Å². The Kier molecular flexibility index (Phi) is 10.7. The van der Waals surface area contributed by atoms with Gasteiger partial charge < -0.3 is 25.1 Å². The molecule has 8 nitrogen and oxygen atoms in total. The van der Waals surface area contributed by atoms with Crippen molar-refractivity contribution in [3.8, 4) is 17.1 Å². The van der Waals surface area contributed by atoms with Crippen molar-refractivity contribution in [3.63, 3.8) is 0 Å². The molecule has 5 rings (SSSR count). The van der Waals surface area contributed by atoms with Crippen LogP contribution in [0.4, 0.5) is 11.4 Å². The Labute approximate surface area is 271 Å². The molecule has 3 N–H and O–H groups in total. The summed E-state index contributed by atoms with van der Waals surface area (Å²) in [5.74, 6) is 0.697. The fourth-order valence-electron chi connectivity index (χ4n) is 4.39. The predicted molar refractivity (Wildman–Crippen MR) is 183 cm³/mol. The van der Waals surface area contributed by atoms with E-state index in [-0.39, 0.29) is 16.9 Å². The van der Waals surface area contributed by atoms with E-state index in [2.05, 4.69) is 16.0 Å². The second-order valence-electron chi connectivity index (χ2n) is 10.1. The van der Waals surface area contributed by atoms with Crippen LogP contribution in [0.5, 0.6) is 5.75 Å². The molecular weight excluding hydrogens is 598 g/mol. The molecule has 1 aromatic heterocycles. The van der Waals surface area contributed by atoms with Crippen LogP contribution in [-0.2, 0) is 9.59 Å². The third-order valence-corrected chi connectivity index (χ3v) is 7.84. The number of ether oxygens (including phenoxy) is 1. The molecule has 0 fully saturated rings. The van der Waals surface area contributed by atoms with Crippen molar-refractivity contribution in [3.05, 3.63) is 138 Å². The lowest BCUT2D eigenvalue weighted by Crippen LogP contribution is -2.30. The molecule has 0 bridgehead atoms. The normalized spacial score (nSPS) is 11.7. The van der Waals surface area contributed by atoms with E-state index in [0.29, 0.717) is 35.1 Å². The van der Waals surface area contributed by atoms with Crippen molar-refractivity contribution in [1.82, 2.24) is 5.32 Å². The number of hydrogen-bond donors (Lipinski definition) is 3. The van der Waals surface area contributed by atoms with Crippen molar-refractivity contribution in [2.24, 2.45) is 0 Å². The van der Waals surface area contributed by atoms with Crippen molar-refractivity contribution in [2.45, 2.75) is 24.0 Å². The smallest absolute Gasteiger partial charge is 0.272 e. The number of benzene rings is 4. The van der Waals surface area contributed by atoms with Gasteiger partial charge in [0.05, 0.1) is 11.9 Å². The molecule has 0 unspecified atom stereocenters. The SMILES string of the molecule is CCOc1ccc(NC(=O)[C@@H](C)Sc2ccc(NC(=O)/C(=C\c3ccc(-c4ccccc4)o3)NC(=O)c3ccccc3)cc2)cc1. The van der Waals surface area contributed by atoms with Crippen molar-refractivity contribution >= 4 is 46.9 Å². The average molecular weight is 632 g/mol. The van der Waals surface area contributed by atoms with Gasteiger partial charge in [0, 0.05) is 33.5 Å². The topological polar surface area (TPSA) is 110 Å². The van der Waals surface area contributed by atoms with Gasteiger partial charge in [0.15, 0.2) is 0 Å². The molecule has 0 aliphatic heterocycles. The van der Waals surface area contributed by atoms with Gasteiger partial charge >= 0.3 is 0 Å². The zero-order valence-corrected chi connectivity index (χ0v) is 26.2. The molecule has 232 valence electrons. The molecule has 9 heteroatoms. The number of nitrogens with one attached hydrogen (secondary N) is 3. The summed E-state index contributed by atoms with van der Waals surface area (Å²) in [4.78, 5) is 40.0. The first-order valence-electron chi connectivity index (χ1n) is 14.7. The molecule has 5 aromatic rings. The number of carbonyl (C=O) groups is 3. The lowest BCUT2D eigenvalue weighted by molar-refractivity contribution is -0.115. The summed E-state index contributed by atoms with van der Waals surface area (Å²) in [6, 6.07) is 36.2. The molecule has 3 amide bonds. The van der Waals surface area contributed by atoms with Crippen LogP contribution < -0.4 is 20.7 Å². The summed E-state index contributed by atoms with van der Waals surface area (Å²) >= 11 is 1.39. The van der Waals surface area contributed by atoms with Gasteiger partial charge in [0.1, 0.15) is 23.0 Å². The van der Waals surface area contributed by atoms with Crippen LogP contribution in [0.2, 0.25) is 0 Å². The Balaban J connectivity index is 1.25. The average Bonchev–Trinajstić information content (AvgIpc) is 3.55. The molecule has 0 saturated carbocycles. The van der Waals surface area contributed by atoms with Gasteiger partial charge in [-0.05, 0) is 86.6 Å². The molecule has 1 heterocycles. The Morgan fingerprint density at radius 3 is 2.09 bits per heavy atom. The molecule has 46 heavy (non-hydrogen) atoms. The predicted octanol–water partition coefficient (Wildman–Crippen LogP) is 7.87. The first-order chi connectivity index (χ1) is 22.4. The maximum atomic E-state index is 13.4. The van der Waals surface area contributed by atoms with Crippen LogP contribution in [0.3, 0.4) is 0 Å². The highest BCUT2D eigenvalue weighted by Gasteiger charge is 2.18. The second kappa shape index (κ2) is 15.5. The number of amides is 3. The van der Waals surface area contributed by atoms with E-state index in [1.165, 1.54) is 17.8 Å². The van der Waals surface area contributed by atoms with E-state index < -0.39 is 11.8 Å². The summed E-state index contributed by atoms with van der Waals surface area (Å²) in [5, 5.41) is 8.12. The zero-order chi connectivity index (χ0) is 32.3. The summed E-state index contributed by atoms with van der Waals surface area (Å²) in [6.45, 7) is 4.32. The highest BCUT2D eigenvalue weighted by atomic mass is 32.2. The quantitative estimate of drug-likeness (QED) is 0.0955. The summed E-state index contributed by atoms with van der Waals surface area (Å²) in [7, 11) is 0. The number of hydrogen-bond acceptors (Lipinski definition) is 6. The monoisotopic (exact) mass is 631 g/mol. The lowest BCUT2D eigenvalue weighted by Gasteiger charge is -2.14. The molecule has 1 atom stereocenters. The van der Waals surface area contributed by atoms with E-state index in [4.69, 9.17) is 9.15 Å². The van der Waals surface area contributed by atoms with Crippen LogP contribution in [0.15, 0.2) is 136 Å². The summed E-state index contributed by atoms with van der Waals surface area (Å²) in [6.07, 6.45) is 1.50. The minimum Gasteiger partial charge on any atom is -0.494 e. The van der Waals surface area contributed by atoms with Crippen molar-refractivity contribution in [2.75, 3.05) is 17.2 Å². The molecule has 4 aromatic carbocycles. The minimum atomic E-state index is -0.523. The third-order valence-electron chi connectivity index (χ3n) is 6.73. The van der Waals surface area contributed by atoms with Crippen LogP contribution in [0.1, 0.15) is 30.0 Å². The van der Waals surface area contributed by atoms with Crippen LogP contribution in [0, 0.1) is 0 Å². The number of anilines is 2. The van der Waals surface area contributed by atoms with Gasteiger partial charge in [-0.25, -0.2) is 0 Å². The van der Waals surface area contributed by atoms with Crippen LogP contribution >= 0.6 is 11.8 Å². The Hall–Kier alpha value is -5.54. The summed E-state index contributed by atoms with van der Waals surface area (Å²) < 4.78 is 11.4. The molecule has 0 radical (unpaired) electrons. The van der Waals surface area contributed by atoms with E-state index >= 15 is 0 Å². The Bertz CT molecular complexity index is 1800. The maximum absolute atomic E-state index is 13.4. The van der Waals surface area contributed by atoms with Gasteiger partial charge in [0.2, 0.25) is 5.91 Å². The first kappa shape index (κ1) is 31.9. The largest absolute Gasteiger partial charge is 0.494 e. The summed E-state index contributed by atoms with van der Waals surface area (Å²) in [5.41, 5.74) is 2.52. The number of rotatable bonds is 12. The fourth-order valence-corrected chi connectivity index (χ4v) is 5.26. The van der Waals surface area contributed by atoms with Gasteiger partial charge in [0.25, 0.3) is 11.8 Å². The van der Waals surface area contributed by atoms with Crippen molar-refractivity contribution < 1.29 is 23.5 Å². The third kappa shape index (κ3) is 8.77. The molecule has 0 aliphatic carbocycles. The van der Waals surface area contributed by atoms with Crippen molar-refractivity contribution in [1.29, 1.82) is 0 Å². The molecule has 0 aliphatic rings. The molecule has 0 saturated heterocycles.